The first-order valence-corrected chi connectivity index (χ1v) is 10.7. The zero-order valence-corrected chi connectivity index (χ0v) is 20.9. The number of hydrogen-bond donors (Lipinski definition) is 2. The van der Waals surface area contributed by atoms with Crippen LogP contribution in [0, 0.1) is 0 Å². The van der Waals surface area contributed by atoms with E-state index in [0.29, 0.717) is 12.6 Å². The number of hydrogen-bond acceptors (Lipinski definition) is 4. The van der Waals surface area contributed by atoms with Gasteiger partial charge in [0, 0.05) is 44.3 Å². The lowest BCUT2D eigenvalue weighted by molar-refractivity contribution is 0.242. The molecule has 2 N–H and O–H groups in total. The zero-order chi connectivity index (χ0) is 20.6. The highest BCUT2D eigenvalue weighted by Crippen LogP contribution is 2.33. The largest absolute Gasteiger partial charge is 0.493 e. The lowest BCUT2D eigenvalue weighted by atomic mass is 10.1. The molecule has 2 fully saturated rings. The summed E-state index contributed by atoms with van der Waals surface area (Å²) < 4.78 is 11.1. The van der Waals surface area contributed by atoms with Crippen LogP contribution >= 0.6 is 24.0 Å². The summed E-state index contributed by atoms with van der Waals surface area (Å²) in [5, 5.41) is 7.06. The summed E-state index contributed by atoms with van der Waals surface area (Å²) in [5.74, 6) is 2.37. The van der Waals surface area contributed by atoms with Crippen LogP contribution in [0.25, 0.3) is 0 Å². The number of likely N-dealkylation sites (tertiary alicyclic amines) is 1. The molecule has 1 saturated carbocycles. The van der Waals surface area contributed by atoms with Crippen molar-refractivity contribution in [3.05, 3.63) is 35.9 Å². The molecule has 1 aliphatic heterocycles. The predicted octanol–water partition coefficient (Wildman–Crippen LogP) is 3.73. The van der Waals surface area contributed by atoms with Gasteiger partial charge >= 0.3 is 0 Å². The lowest BCUT2D eigenvalue weighted by Crippen LogP contribution is -2.45. The third-order valence-corrected chi connectivity index (χ3v) is 6.07. The van der Waals surface area contributed by atoms with E-state index in [0.717, 1.165) is 47.6 Å². The molecule has 1 atom stereocenters. The zero-order valence-electron chi connectivity index (χ0n) is 18.6. The Kier molecular flexibility index (Phi) is 10.2. The fourth-order valence-electron chi connectivity index (χ4n) is 4.60. The van der Waals surface area contributed by atoms with Gasteiger partial charge < -0.3 is 20.1 Å². The maximum absolute atomic E-state index is 5.53. The van der Waals surface area contributed by atoms with Crippen LogP contribution in [0.1, 0.15) is 43.2 Å². The molecule has 3 rings (SSSR count). The first kappa shape index (κ1) is 24.8. The van der Waals surface area contributed by atoms with E-state index in [1.54, 1.807) is 14.2 Å². The van der Waals surface area contributed by atoms with Crippen LogP contribution in [0.15, 0.2) is 29.8 Å². The number of methoxy groups -OCH3 is 2. The number of allylic oxidation sites excluding steroid dienone is 1. The summed E-state index contributed by atoms with van der Waals surface area (Å²) in [7, 11) is 5.17. The number of aliphatic imine (C=N–C) groups is 1. The van der Waals surface area contributed by atoms with E-state index >= 15 is 0 Å². The van der Waals surface area contributed by atoms with E-state index in [2.05, 4.69) is 33.2 Å². The molecule has 1 unspecified atom stereocenters. The van der Waals surface area contributed by atoms with Gasteiger partial charge in [-0.1, -0.05) is 18.9 Å². The number of ether oxygens (including phenoxy) is 2. The lowest BCUT2D eigenvalue weighted by Gasteiger charge is -2.24. The quantitative estimate of drug-likeness (QED) is 0.233. The van der Waals surface area contributed by atoms with Gasteiger partial charge in [0.05, 0.1) is 14.2 Å². The Morgan fingerprint density at radius 2 is 2.00 bits per heavy atom. The van der Waals surface area contributed by atoms with Crippen LogP contribution < -0.4 is 20.1 Å². The van der Waals surface area contributed by atoms with Gasteiger partial charge in [-0.2, -0.15) is 0 Å². The number of rotatable bonds is 8. The van der Waals surface area contributed by atoms with Crippen molar-refractivity contribution in [2.45, 2.75) is 57.2 Å². The van der Waals surface area contributed by atoms with Crippen molar-refractivity contribution in [1.29, 1.82) is 0 Å². The Balaban J connectivity index is 0.00000320. The Morgan fingerprint density at radius 3 is 2.63 bits per heavy atom. The minimum absolute atomic E-state index is 0. The summed E-state index contributed by atoms with van der Waals surface area (Å²) in [4.78, 5) is 7.09. The normalized spacial score (nSPS) is 20.0. The highest BCUT2D eigenvalue weighted by molar-refractivity contribution is 14.0. The van der Waals surface area contributed by atoms with Crippen molar-refractivity contribution < 1.29 is 9.47 Å². The minimum Gasteiger partial charge on any atom is -0.493 e. The van der Waals surface area contributed by atoms with Crippen LogP contribution in [0.4, 0.5) is 0 Å². The first-order chi connectivity index (χ1) is 14.2. The van der Waals surface area contributed by atoms with Gasteiger partial charge in [-0.05, 0) is 43.4 Å². The second kappa shape index (κ2) is 12.4. The van der Waals surface area contributed by atoms with Gasteiger partial charge in [-0.15, -0.1) is 30.6 Å². The van der Waals surface area contributed by atoms with Gasteiger partial charge in [0.1, 0.15) is 0 Å². The van der Waals surface area contributed by atoms with E-state index in [9.17, 15) is 0 Å². The second-order valence-corrected chi connectivity index (χ2v) is 7.97. The van der Waals surface area contributed by atoms with Crippen LogP contribution in [0.5, 0.6) is 11.5 Å². The molecule has 0 bridgehead atoms. The fraction of sp³-hybridized carbons (Fsp3) is 0.609. The maximum atomic E-state index is 5.53. The monoisotopic (exact) mass is 528 g/mol. The molecule has 1 aromatic rings. The molecule has 0 aromatic heterocycles. The van der Waals surface area contributed by atoms with Crippen LogP contribution in [0.2, 0.25) is 0 Å². The smallest absolute Gasteiger partial charge is 0.191 e. The molecule has 0 amide bonds. The highest BCUT2D eigenvalue weighted by atomic mass is 127. The van der Waals surface area contributed by atoms with Gasteiger partial charge in [-0.3, -0.25) is 9.89 Å². The second-order valence-electron chi connectivity index (χ2n) is 7.97. The molecule has 0 radical (unpaired) electrons. The average molecular weight is 528 g/mol. The summed E-state index contributed by atoms with van der Waals surface area (Å²) in [6, 6.07) is 5.42. The predicted molar refractivity (Wildman–Crippen MR) is 134 cm³/mol. The number of guanidine groups is 1. The molecule has 1 heterocycles. The van der Waals surface area contributed by atoms with E-state index in [4.69, 9.17) is 9.47 Å². The van der Waals surface area contributed by atoms with Gasteiger partial charge in [0.15, 0.2) is 17.5 Å². The third kappa shape index (κ3) is 6.26. The van der Waals surface area contributed by atoms with E-state index in [1.807, 2.05) is 19.2 Å². The average Bonchev–Trinajstić information content (AvgIpc) is 3.42. The molecule has 1 aromatic carbocycles. The Hall–Kier alpha value is -1.48. The molecule has 30 heavy (non-hydrogen) atoms. The summed E-state index contributed by atoms with van der Waals surface area (Å²) in [5.41, 5.74) is 2.20. The number of nitrogens with zero attached hydrogens (tertiary/aromatic N) is 2. The van der Waals surface area contributed by atoms with E-state index in [-0.39, 0.29) is 24.0 Å². The number of halogens is 1. The van der Waals surface area contributed by atoms with E-state index < -0.39 is 0 Å². The van der Waals surface area contributed by atoms with Gasteiger partial charge in [0.2, 0.25) is 0 Å². The fourth-order valence-corrected chi connectivity index (χ4v) is 4.60. The molecule has 1 saturated heterocycles. The van der Waals surface area contributed by atoms with Crippen molar-refractivity contribution in [2.24, 2.45) is 4.99 Å². The Morgan fingerprint density at radius 1 is 1.23 bits per heavy atom. The first-order valence-electron chi connectivity index (χ1n) is 10.7. The summed E-state index contributed by atoms with van der Waals surface area (Å²) in [6.45, 7) is 6.83. The van der Waals surface area contributed by atoms with Crippen LogP contribution in [-0.2, 0) is 13.0 Å². The van der Waals surface area contributed by atoms with Crippen LogP contribution in [-0.4, -0.2) is 57.3 Å². The molecule has 168 valence electrons. The summed E-state index contributed by atoms with van der Waals surface area (Å²) >= 11 is 0. The van der Waals surface area contributed by atoms with Crippen molar-refractivity contribution in [1.82, 2.24) is 15.5 Å². The molecule has 1 aliphatic carbocycles. The van der Waals surface area contributed by atoms with Crippen molar-refractivity contribution in [2.75, 3.05) is 34.4 Å². The molecule has 7 heteroatoms. The molecule has 6 nitrogen and oxygen atoms in total. The van der Waals surface area contributed by atoms with Gasteiger partial charge in [-0.25, -0.2) is 0 Å². The maximum Gasteiger partial charge on any atom is 0.191 e. The topological polar surface area (TPSA) is 58.1 Å². The van der Waals surface area contributed by atoms with Crippen molar-refractivity contribution in [3.63, 3.8) is 0 Å². The van der Waals surface area contributed by atoms with Crippen molar-refractivity contribution >= 4 is 29.9 Å². The number of benzene rings is 1. The van der Waals surface area contributed by atoms with Gasteiger partial charge in [0.25, 0.3) is 0 Å². The highest BCUT2D eigenvalue weighted by Gasteiger charge is 2.30. The van der Waals surface area contributed by atoms with E-state index in [1.165, 1.54) is 38.6 Å². The molecular formula is C23H37IN4O2. The SMILES string of the molecule is C=CCc1cc(CNC(=NC)NC2CCN(C3CCCC3)C2)cc(OC)c1OC.I. The standard InChI is InChI=1S/C23H36N4O2.HI/c1-5-8-18-13-17(14-21(28-3)22(18)29-4)15-25-23(24-2)26-19-11-12-27(16-19)20-9-6-7-10-20;/h5,13-14,19-20H,1,6-12,15-16H2,2-4H3,(H2,24,25,26);1H. The minimum atomic E-state index is 0. The number of nitrogens with one attached hydrogen (secondary N) is 2. The summed E-state index contributed by atoms with van der Waals surface area (Å²) in [6.07, 6.45) is 9.31. The molecule has 0 spiro atoms. The Labute approximate surface area is 198 Å². The third-order valence-electron chi connectivity index (χ3n) is 6.07. The molecular weight excluding hydrogens is 491 g/mol. The van der Waals surface area contributed by atoms with Crippen LogP contribution in [0.3, 0.4) is 0 Å². The molecule has 2 aliphatic rings. The Bertz CT molecular complexity index is 719. The van der Waals surface area contributed by atoms with Crippen molar-refractivity contribution in [3.8, 4) is 11.5 Å².